The predicted octanol–water partition coefficient (Wildman–Crippen LogP) is 2.94. The zero-order valence-electron chi connectivity index (χ0n) is 10.4. The molecule has 114 valence electrons. The lowest BCUT2D eigenvalue weighted by atomic mass is 10.5. The summed E-state index contributed by atoms with van der Waals surface area (Å²) in [5.41, 5.74) is 0. The van der Waals surface area contributed by atoms with Gasteiger partial charge in [0.25, 0.3) is 0 Å². The minimum atomic E-state index is -3.26. The second-order valence-corrected chi connectivity index (χ2v) is 7.41. The van der Waals surface area contributed by atoms with Gasteiger partial charge in [-0.2, -0.15) is 0 Å². The van der Waals surface area contributed by atoms with Gasteiger partial charge in [0.1, 0.15) is 0 Å². The van der Waals surface area contributed by atoms with Crippen molar-refractivity contribution in [3.63, 3.8) is 0 Å². The molecule has 0 bridgehead atoms. The number of nitrogens with one attached hydrogen (secondary N) is 2. The van der Waals surface area contributed by atoms with Crippen molar-refractivity contribution in [2.45, 2.75) is 6.61 Å². The van der Waals surface area contributed by atoms with Crippen molar-refractivity contribution in [2.24, 2.45) is 0 Å². The number of thiophene rings is 1. The van der Waals surface area contributed by atoms with Gasteiger partial charge in [-0.3, -0.25) is 14.7 Å². The second-order valence-electron chi connectivity index (χ2n) is 3.52. The SMILES string of the molecule is O=[N+]([O-])c1ccc(COP(=O)(NCCCl)NCCCl)s1. The fourth-order valence-corrected chi connectivity index (χ4v) is 3.92. The van der Waals surface area contributed by atoms with E-state index in [9.17, 15) is 14.7 Å². The third kappa shape index (κ3) is 6.05. The van der Waals surface area contributed by atoms with E-state index in [1.165, 1.54) is 6.07 Å². The molecule has 1 aromatic rings. The summed E-state index contributed by atoms with van der Waals surface area (Å²) in [6, 6.07) is 2.95. The number of nitrogens with zero attached hydrogens (tertiary/aromatic N) is 1. The molecule has 2 N–H and O–H groups in total. The van der Waals surface area contributed by atoms with Crippen molar-refractivity contribution < 1.29 is 14.0 Å². The number of nitro groups is 1. The summed E-state index contributed by atoms with van der Waals surface area (Å²) >= 11 is 12.0. The fourth-order valence-electron chi connectivity index (χ4n) is 1.22. The van der Waals surface area contributed by atoms with Crippen molar-refractivity contribution in [3.05, 3.63) is 27.1 Å². The molecular formula is C9H14Cl2N3O4PS. The number of hydrogen-bond acceptors (Lipinski definition) is 5. The highest BCUT2D eigenvalue weighted by Gasteiger charge is 2.22. The molecule has 0 fully saturated rings. The quantitative estimate of drug-likeness (QED) is 0.288. The number of hydrogen-bond donors (Lipinski definition) is 2. The molecule has 0 saturated heterocycles. The smallest absolute Gasteiger partial charge is 0.300 e. The molecule has 0 radical (unpaired) electrons. The van der Waals surface area contributed by atoms with E-state index >= 15 is 0 Å². The Kier molecular flexibility index (Phi) is 7.98. The highest BCUT2D eigenvalue weighted by molar-refractivity contribution is 7.54. The normalized spacial score (nSPS) is 11.7. The first-order valence-electron chi connectivity index (χ1n) is 5.60. The average Bonchev–Trinajstić information content (AvgIpc) is 2.90. The van der Waals surface area contributed by atoms with Gasteiger partial charge in [0.05, 0.1) is 11.5 Å². The third-order valence-corrected chi connectivity index (χ3v) is 5.21. The first-order valence-corrected chi connectivity index (χ1v) is 9.11. The van der Waals surface area contributed by atoms with E-state index in [1.807, 2.05) is 0 Å². The Balaban J connectivity index is 2.59. The van der Waals surface area contributed by atoms with Gasteiger partial charge in [0.15, 0.2) is 0 Å². The van der Waals surface area contributed by atoms with E-state index in [0.717, 1.165) is 11.3 Å². The van der Waals surface area contributed by atoms with Crippen molar-refractivity contribution >= 4 is 47.2 Å². The minimum absolute atomic E-state index is 0.000353. The van der Waals surface area contributed by atoms with Crippen LogP contribution in [0.3, 0.4) is 0 Å². The second kappa shape index (κ2) is 8.94. The van der Waals surface area contributed by atoms with Crippen LogP contribution in [0, 0.1) is 10.1 Å². The molecule has 0 spiro atoms. The molecule has 1 heterocycles. The van der Waals surface area contributed by atoms with E-state index in [0.29, 0.717) is 18.0 Å². The summed E-state index contributed by atoms with van der Waals surface area (Å²) in [7, 11) is -3.26. The van der Waals surface area contributed by atoms with Gasteiger partial charge in [-0.25, -0.2) is 10.2 Å². The number of halogens is 2. The van der Waals surface area contributed by atoms with E-state index in [-0.39, 0.29) is 23.4 Å². The summed E-state index contributed by atoms with van der Waals surface area (Å²) < 4.78 is 17.7. The number of rotatable bonds is 10. The van der Waals surface area contributed by atoms with E-state index in [2.05, 4.69) is 10.2 Å². The topological polar surface area (TPSA) is 93.5 Å². The van der Waals surface area contributed by atoms with Crippen LogP contribution in [0.1, 0.15) is 4.88 Å². The van der Waals surface area contributed by atoms with Crippen molar-refractivity contribution in [2.75, 3.05) is 24.8 Å². The van der Waals surface area contributed by atoms with Crippen LogP contribution in [0.25, 0.3) is 0 Å². The van der Waals surface area contributed by atoms with Crippen LogP contribution in [-0.2, 0) is 15.7 Å². The van der Waals surface area contributed by atoms with Crippen LogP contribution in [0.4, 0.5) is 5.00 Å². The van der Waals surface area contributed by atoms with Gasteiger partial charge >= 0.3 is 12.7 Å². The zero-order valence-corrected chi connectivity index (χ0v) is 13.6. The van der Waals surface area contributed by atoms with Gasteiger partial charge in [0.2, 0.25) is 0 Å². The minimum Gasteiger partial charge on any atom is -0.300 e. The lowest BCUT2D eigenvalue weighted by Gasteiger charge is -2.19. The van der Waals surface area contributed by atoms with Crippen LogP contribution < -0.4 is 10.2 Å². The molecule has 0 aromatic carbocycles. The van der Waals surface area contributed by atoms with Crippen LogP contribution >= 0.6 is 42.2 Å². The molecule has 0 amide bonds. The summed E-state index contributed by atoms with van der Waals surface area (Å²) in [5.74, 6) is 0.556. The van der Waals surface area contributed by atoms with E-state index in [1.54, 1.807) is 6.07 Å². The maximum absolute atomic E-state index is 12.4. The van der Waals surface area contributed by atoms with Gasteiger partial charge in [-0.1, -0.05) is 11.3 Å². The Hall–Kier alpha value is -0.210. The van der Waals surface area contributed by atoms with E-state index < -0.39 is 12.6 Å². The Labute approximate surface area is 130 Å². The van der Waals surface area contributed by atoms with Crippen LogP contribution in [-0.4, -0.2) is 29.8 Å². The van der Waals surface area contributed by atoms with Gasteiger partial charge in [0, 0.05) is 35.8 Å². The first kappa shape index (κ1) is 17.8. The first-order chi connectivity index (χ1) is 9.50. The van der Waals surface area contributed by atoms with Crippen molar-refractivity contribution in [3.8, 4) is 0 Å². The molecule has 11 heteroatoms. The van der Waals surface area contributed by atoms with Gasteiger partial charge in [-0.15, -0.1) is 23.2 Å². The Morgan fingerprint density at radius 1 is 1.30 bits per heavy atom. The maximum atomic E-state index is 12.4. The molecular weight excluding hydrogens is 348 g/mol. The lowest BCUT2D eigenvalue weighted by Crippen LogP contribution is -2.26. The molecule has 7 nitrogen and oxygen atoms in total. The summed E-state index contributed by atoms with van der Waals surface area (Å²) in [6.07, 6.45) is 0. The molecule has 0 aliphatic carbocycles. The summed E-state index contributed by atoms with van der Waals surface area (Å²) in [4.78, 5) is 10.7. The monoisotopic (exact) mass is 361 g/mol. The number of alkyl halides is 2. The van der Waals surface area contributed by atoms with Crippen molar-refractivity contribution in [1.29, 1.82) is 0 Å². The Morgan fingerprint density at radius 3 is 2.35 bits per heavy atom. The predicted molar refractivity (Wildman–Crippen MR) is 80.8 cm³/mol. The highest BCUT2D eigenvalue weighted by Crippen LogP contribution is 2.39. The van der Waals surface area contributed by atoms with Gasteiger partial charge < -0.3 is 4.52 Å². The van der Waals surface area contributed by atoms with Crippen LogP contribution in [0.5, 0.6) is 0 Å². The molecule has 0 aliphatic heterocycles. The van der Waals surface area contributed by atoms with Crippen LogP contribution in [0.2, 0.25) is 0 Å². The standard InChI is InChI=1S/C9H14Cl2N3O4PS/c10-3-5-12-19(17,13-6-4-11)18-7-8-1-2-9(20-8)14(15)16/h1-2H,3-7H2,(H2,12,13,17). The molecule has 20 heavy (non-hydrogen) atoms. The van der Waals surface area contributed by atoms with Crippen molar-refractivity contribution in [1.82, 2.24) is 10.2 Å². The zero-order chi connectivity index (χ0) is 15.0. The highest BCUT2D eigenvalue weighted by atomic mass is 35.5. The largest absolute Gasteiger partial charge is 0.341 e. The van der Waals surface area contributed by atoms with Crippen LogP contribution in [0.15, 0.2) is 12.1 Å². The Bertz CT molecular complexity index is 476. The molecule has 0 atom stereocenters. The molecule has 1 aromatic heterocycles. The van der Waals surface area contributed by atoms with E-state index in [4.69, 9.17) is 27.7 Å². The molecule has 0 aliphatic rings. The summed E-state index contributed by atoms with van der Waals surface area (Å²) in [6.45, 7) is 0.609. The van der Waals surface area contributed by atoms with Gasteiger partial charge in [-0.05, 0) is 6.07 Å². The molecule has 1 rings (SSSR count). The maximum Gasteiger partial charge on any atom is 0.341 e. The Morgan fingerprint density at radius 2 is 1.90 bits per heavy atom. The molecule has 0 unspecified atom stereocenters. The fraction of sp³-hybridized carbons (Fsp3) is 0.556. The average molecular weight is 362 g/mol. The molecule has 0 saturated carbocycles. The lowest BCUT2D eigenvalue weighted by molar-refractivity contribution is -0.380. The summed E-state index contributed by atoms with van der Waals surface area (Å²) in [5, 5.41) is 15.9. The third-order valence-electron chi connectivity index (χ3n) is 2.04.